The van der Waals surface area contributed by atoms with Crippen molar-refractivity contribution >= 4 is 40.2 Å². The summed E-state index contributed by atoms with van der Waals surface area (Å²) in [5, 5.41) is 1.82. The standard InChI is InChI=1S/C26H32N2O5S.ClH/c1-7-11-33-24-22(30-5)13-17(14-23(24)31-6)12-18-15-27-16-20-19(18)9-10-21(32-8-2)25(20)34-26(29)28(3)4;/h9-10,13-16H,7-8,11-12H2,1-6H3;1H. The number of methoxy groups -OCH3 is 2. The predicted molar refractivity (Wildman–Crippen MR) is 143 cm³/mol. The highest BCUT2D eigenvalue weighted by Gasteiger charge is 2.19. The Morgan fingerprint density at radius 1 is 0.971 bits per heavy atom. The van der Waals surface area contributed by atoms with Crippen LogP contribution in [-0.2, 0) is 6.42 Å². The van der Waals surface area contributed by atoms with Crippen LogP contribution in [0.1, 0.15) is 31.4 Å². The maximum Gasteiger partial charge on any atom is 0.286 e. The van der Waals surface area contributed by atoms with E-state index >= 15 is 0 Å². The smallest absolute Gasteiger partial charge is 0.286 e. The van der Waals surface area contributed by atoms with Gasteiger partial charge >= 0.3 is 0 Å². The molecule has 0 unspecified atom stereocenters. The number of carbonyl (C=O) groups is 1. The maximum atomic E-state index is 12.5. The van der Waals surface area contributed by atoms with E-state index in [9.17, 15) is 4.79 Å². The summed E-state index contributed by atoms with van der Waals surface area (Å²) in [4.78, 5) is 19.3. The number of aromatic nitrogens is 1. The molecule has 1 aromatic heterocycles. The summed E-state index contributed by atoms with van der Waals surface area (Å²) in [6.07, 6.45) is 5.13. The molecule has 1 amide bonds. The highest BCUT2D eigenvalue weighted by Crippen LogP contribution is 2.41. The first-order valence-electron chi connectivity index (χ1n) is 11.2. The van der Waals surface area contributed by atoms with Crippen molar-refractivity contribution in [2.45, 2.75) is 31.6 Å². The number of fused-ring (bicyclic) bond motifs is 1. The van der Waals surface area contributed by atoms with Crippen LogP contribution in [0, 0.1) is 0 Å². The average molecular weight is 521 g/mol. The quantitative estimate of drug-likeness (QED) is 0.293. The molecule has 3 rings (SSSR count). The van der Waals surface area contributed by atoms with E-state index in [0.717, 1.165) is 45.0 Å². The molecule has 0 spiro atoms. The lowest BCUT2D eigenvalue weighted by molar-refractivity contribution is 0.241. The number of amides is 1. The highest BCUT2D eigenvalue weighted by molar-refractivity contribution is 8.13. The van der Waals surface area contributed by atoms with E-state index in [2.05, 4.69) is 11.9 Å². The zero-order valence-corrected chi connectivity index (χ0v) is 22.7. The van der Waals surface area contributed by atoms with E-state index in [-0.39, 0.29) is 17.6 Å². The Bertz CT molecular complexity index is 1130. The first-order chi connectivity index (χ1) is 16.4. The molecule has 0 aliphatic rings. The van der Waals surface area contributed by atoms with E-state index in [1.807, 2.05) is 37.4 Å². The van der Waals surface area contributed by atoms with Crippen molar-refractivity contribution in [2.24, 2.45) is 0 Å². The molecule has 0 saturated heterocycles. The Morgan fingerprint density at radius 3 is 2.23 bits per heavy atom. The summed E-state index contributed by atoms with van der Waals surface area (Å²) in [7, 11) is 6.72. The zero-order valence-electron chi connectivity index (χ0n) is 21.0. The number of rotatable bonds is 10. The van der Waals surface area contributed by atoms with Crippen LogP contribution in [0.4, 0.5) is 4.79 Å². The Balaban J connectivity index is 0.00000432. The summed E-state index contributed by atoms with van der Waals surface area (Å²) in [5.41, 5.74) is 2.02. The van der Waals surface area contributed by atoms with Crippen molar-refractivity contribution < 1.29 is 23.7 Å². The summed E-state index contributed by atoms with van der Waals surface area (Å²) in [5.74, 6) is 2.54. The molecular weight excluding hydrogens is 488 g/mol. The van der Waals surface area contributed by atoms with Gasteiger partial charge in [0.2, 0.25) is 5.75 Å². The first kappa shape index (κ1) is 28.4. The number of nitrogens with zero attached hydrogens (tertiary/aromatic N) is 2. The molecule has 0 fully saturated rings. The third kappa shape index (κ3) is 6.64. The molecule has 0 aliphatic heterocycles. The molecule has 0 radical (unpaired) electrons. The zero-order chi connectivity index (χ0) is 24.7. The lowest BCUT2D eigenvalue weighted by atomic mass is 10.00. The highest BCUT2D eigenvalue weighted by atomic mass is 35.5. The number of carbonyl (C=O) groups excluding carboxylic acids is 1. The molecule has 190 valence electrons. The molecule has 3 aromatic rings. The molecule has 0 aliphatic carbocycles. The molecule has 0 N–H and O–H groups in total. The van der Waals surface area contributed by atoms with Crippen LogP contribution in [0.2, 0.25) is 0 Å². The van der Waals surface area contributed by atoms with E-state index < -0.39 is 0 Å². The Morgan fingerprint density at radius 2 is 1.66 bits per heavy atom. The van der Waals surface area contributed by atoms with Crippen LogP contribution in [0.3, 0.4) is 0 Å². The van der Waals surface area contributed by atoms with Gasteiger partial charge in [0.1, 0.15) is 5.75 Å². The van der Waals surface area contributed by atoms with Gasteiger partial charge in [-0.05, 0) is 66.2 Å². The predicted octanol–water partition coefficient (Wildman–Crippen LogP) is 6.23. The molecule has 9 heteroatoms. The molecule has 35 heavy (non-hydrogen) atoms. The van der Waals surface area contributed by atoms with Crippen molar-refractivity contribution in [1.29, 1.82) is 0 Å². The second-order valence-corrected chi connectivity index (χ2v) is 8.80. The van der Waals surface area contributed by atoms with Gasteiger partial charge in [-0.3, -0.25) is 9.78 Å². The Labute approximate surface area is 217 Å². The second-order valence-electron chi connectivity index (χ2n) is 7.84. The fourth-order valence-electron chi connectivity index (χ4n) is 3.56. The van der Waals surface area contributed by atoms with E-state index in [0.29, 0.717) is 42.6 Å². The molecule has 0 saturated carbocycles. The average Bonchev–Trinajstić information content (AvgIpc) is 2.84. The molecule has 2 aromatic carbocycles. The van der Waals surface area contributed by atoms with Gasteiger partial charge in [0.15, 0.2) is 11.5 Å². The van der Waals surface area contributed by atoms with Crippen LogP contribution in [0.25, 0.3) is 10.8 Å². The van der Waals surface area contributed by atoms with E-state index in [4.69, 9.17) is 18.9 Å². The van der Waals surface area contributed by atoms with Gasteiger partial charge in [0.05, 0.1) is 32.3 Å². The number of thioether (sulfide) groups is 1. The van der Waals surface area contributed by atoms with Crippen LogP contribution in [0.15, 0.2) is 41.6 Å². The van der Waals surface area contributed by atoms with Crippen LogP contribution < -0.4 is 18.9 Å². The molecule has 0 bridgehead atoms. The van der Waals surface area contributed by atoms with E-state index in [1.54, 1.807) is 39.4 Å². The largest absolute Gasteiger partial charge is 0.493 e. The SMILES string of the molecule is CCCOc1c(OC)cc(Cc2cncc3c(SC(=O)N(C)C)c(OCC)ccc23)cc1OC.Cl. The third-order valence-corrected chi connectivity index (χ3v) is 6.32. The van der Waals surface area contributed by atoms with Crippen molar-refractivity contribution in [3.8, 4) is 23.0 Å². The van der Waals surface area contributed by atoms with Crippen LogP contribution in [0.5, 0.6) is 23.0 Å². The number of halogens is 1. The van der Waals surface area contributed by atoms with Crippen LogP contribution in [-0.4, -0.2) is 56.7 Å². The monoisotopic (exact) mass is 520 g/mol. The van der Waals surface area contributed by atoms with Gasteiger partial charge in [-0.25, -0.2) is 0 Å². The minimum atomic E-state index is -0.0732. The van der Waals surface area contributed by atoms with Crippen LogP contribution >= 0.6 is 24.2 Å². The molecule has 1 heterocycles. The fourth-order valence-corrected chi connectivity index (χ4v) is 4.41. The molecular formula is C26H33ClN2O5S. The number of pyridine rings is 1. The second kappa shape index (κ2) is 13.3. The van der Waals surface area contributed by atoms with Crippen molar-refractivity contribution in [1.82, 2.24) is 9.88 Å². The summed E-state index contributed by atoms with van der Waals surface area (Å²) in [6.45, 7) is 5.06. The van der Waals surface area contributed by atoms with Gasteiger partial charge in [-0.1, -0.05) is 13.0 Å². The Kier molecular flexibility index (Phi) is 10.8. The van der Waals surface area contributed by atoms with E-state index in [1.165, 1.54) is 0 Å². The number of hydrogen-bond acceptors (Lipinski definition) is 7. The fraction of sp³-hybridized carbons (Fsp3) is 0.385. The van der Waals surface area contributed by atoms with Crippen molar-refractivity contribution in [3.63, 3.8) is 0 Å². The van der Waals surface area contributed by atoms with Gasteiger partial charge in [-0.15, -0.1) is 12.4 Å². The topological polar surface area (TPSA) is 70.1 Å². The summed E-state index contributed by atoms with van der Waals surface area (Å²) in [6, 6.07) is 7.87. The number of ether oxygens (including phenoxy) is 4. The first-order valence-corrected chi connectivity index (χ1v) is 12.0. The lowest BCUT2D eigenvalue weighted by Crippen LogP contribution is -2.16. The van der Waals surface area contributed by atoms with Gasteiger partial charge in [-0.2, -0.15) is 0 Å². The maximum absolute atomic E-state index is 12.5. The molecule has 7 nitrogen and oxygen atoms in total. The number of benzene rings is 2. The van der Waals surface area contributed by atoms with Gasteiger partial charge in [0.25, 0.3) is 5.24 Å². The molecule has 0 atom stereocenters. The van der Waals surface area contributed by atoms with Crippen molar-refractivity contribution in [2.75, 3.05) is 41.5 Å². The summed E-state index contributed by atoms with van der Waals surface area (Å²) >= 11 is 1.15. The normalized spacial score (nSPS) is 10.5. The summed E-state index contributed by atoms with van der Waals surface area (Å²) < 4.78 is 22.9. The van der Waals surface area contributed by atoms with Crippen molar-refractivity contribution in [3.05, 3.63) is 47.8 Å². The minimum Gasteiger partial charge on any atom is -0.493 e. The third-order valence-electron chi connectivity index (χ3n) is 5.16. The lowest BCUT2D eigenvalue weighted by Gasteiger charge is -2.17. The number of hydrogen-bond donors (Lipinski definition) is 0. The minimum absolute atomic E-state index is 0. The van der Waals surface area contributed by atoms with Gasteiger partial charge in [0, 0.05) is 31.9 Å². The van der Waals surface area contributed by atoms with Gasteiger partial charge < -0.3 is 23.8 Å². The Hall–Kier alpha value is -2.84.